The van der Waals surface area contributed by atoms with Gasteiger partial charge in [0.15, 0.2) is 0 Å². The molecule has 1 N–H and O–H groups in total. The summed E-state index contributed by atoms with van der Waals surface area (Å²) in [5.74, 6) is -0.553. The van der Waals surface area contributed by atoms with Crippen molar-refractivity contribution in [2.24, 2.45) is 0 Å². The van der Waals surface area contributed by atoms with Crippen LogP contribution in [0.1, 0.15) is 21.5 Å². The fourth-order valence-electron chi connectivity index (χ4n) is 1.92. The van der Waals surface area contributed by atoms with Gasteiger partial charge < -0.3 is 5.32 Å². The van der Waals surface area contributed by atoms with Crippen LogP contribution in [0, 0.1) is 12.7 Å². The quantitative estimate of drug-likeness (QED) is 0.886. The zero-order valence-corrected chi connectivity index (χ0v) is 12.9. The van der Waals surface area contributed by atoms with Crippen molar-refractivity contribution >= 4 is 29.1 Å². The first-order chi connectivity index (χ1) is 9.97. The van der Waals surface area contributed by atoms with Crippen LogP contribution >= 0.6 is 23.2 Å². The number of carbonyl (C=O) groups is 1. The highest BCUT2D eigenvalue weighted by Crippen LogP contribution is 2.21. The maximum Gasteiger partial charge on any atom is 0.251 e. The summed E-state index contributed by atoms with van der Waals surface area (Å²) in [5.41, 5.74) is 1.80. The molecule has 1 amide bonds. The van der Waals surface area contributed by atoms with Crippen molar-refractivity contribution in [3.63, 3.8) is 0 Å². The topological polar surface area (TPSA) is 29.1 Å². The van der Waals surface area contributed by atoms with Gasteiger partial charge in [0.05, 0.1) is 0 Å². The second kappa shape index (κ2) is 6.92. The number of hydrogen-bond donors (Lipinski definition) is 1. The third-order valence-electron chi connectivity index (χ3n) is 3.12. The maximum absolute atomic E-state index is 13.2. The molecule has 0 spiro atoms. The number of hydrogen-bond acceptors (Lipinski definition) is 1. The minimum absolute atomic E-state index is 0.233. The zero-order valence-electron chi connectivity index (χ0n) is 11.4. The lowest BCUT2D eigenvalue weighted by Gasteiger charge is -2.08. The van der Waals surface area contributed by atoms with Gasteiger partial charge in [0.25, 0.3) is 5.91 Å². The molecule has 0 aliphatic rings. The molecular weight excluding hydrogens is 312 g/mol. The van der Waals surface area contributed by atoms with E-state index >= 15 is 0 Å². The molecule has 0 saturated heterocycles. The van der Waals surface area contributed by atoms with Gasteiger partial charge in [0, 0.05) is 22.2 Å². The number of aryl methyl sites for hydroxylation is 1. The van der Waals surface area contributed by atoms with Crippen molar-refractivity contribution < 1.29 is 9.18 Å². The molecule has 0 atom stereocenters. The summed E-state index contributed by atoms with van der Waals surface area (Å²) in [6.45, 7) is 2.07. The van der Waals surface area contributed by atoms with E-state index in [2.05, 4.69) is 5.32 Å². The Morgan fingerprint density at radius 1 is 1.19 bits per heavy atom. The standard InChI is InChI=1S/C16H14Cl2FNO/c1-10-8-12(3-5-15(10)19)16(21)20-7-6-11-2-4-13(17)9-14(11)18/h2-5,8-9H,6-7H2,1H3,(H,20,21). The molecule has 2 aromatic carbocycles. The fourth-order valence-corrected chi connectivity index (χ4v) is 2.43. The Labute approximate surface area is 132 Å². The van der Waals surface area contributed by atoms with Crippen molar-refractivity contribution in [2.45, 2.75) is 13.3 Å². The van der Waals surface area contributed by atoms with Crippen LogP contribution in [0.15, 0.2) is 36.4 Å². The smallest absolute Gasteiger partial charge is 0.251 e. The summed E-state index contributed by atoms with van der Waals surface area (Å²) in [5, 5.41) is 3.94. The normalized spacial score (nSPS) is 10.5. The summed E-state index contributed by atoms with van der Waals surface area (Å²) in [7, 11) is 0. The maximum atomic E-state index is 13.2. The minimum atomic E-state index is -0.320. The Morgan fingerprint density at radius 3 is 2.62 bits per heavy atom. The number of nitrogens with one attached hydrogen (secondary N) is 1. The van der Waals surface area contributed by atoms with Gasteiger partial charge in [-0.3, -0.25) is 4.79 Å². The molecule has 5 heteroatoms. The summed E-state index contributed by atoms with van der Waals surface area (Å²) >= 11 is 11.9. The third kappa shape index (κ3) is 4.19. The molecule has 0 aromatic heterocycles. The Morgan fingerprint density at radius 2 is 1.95 bits per heavy atom. The summed E-state index contributed by atoms with van der Waals surface area (Å²) in [6.07, 6.45) is 0.599. The van der Waals surface area contributed by atoms with Crippen LogP contribution in [0.5, 0.6) is 0 Å². The van der Waals surface area contributed by atoms with Crippen molar-refractivity contribution in [2.75, 3.05) is 6.54 Å². The Balaban J connectivity index is 1.93. The van der Waals surface area contributed by atoms with Crippen LogP contribution in [0.25, 0.3) is 0 Å². The van der Waals surface area contributed by atoms with Gasteiger partial charge >= 0.3 is 0 Å². The highest BCUT2D eigenvalue weighted by molar-refractivity contribution is 6.35. The lowest BCUT2D eigenvalue weighted by Crippen LogP contribution is -2.25. The van der Waals surface area contributed by atoms with Crippen LogP contribution < -0.4 is 5.32 Å². The molecule has 2 aromatic rings. The Bertz CT molecular complexity index is 673. The molecule has 0 unspecified atom stereocenters. The molecule has 0 saturated carbocycles. The average Bonchev–Trinajstić information content (AvgIpc) is 2.44. The van der Waals surface area contributed by atoms with E-state index in [9.17, 15) is 9.18 Å². The number of benzene rings is 2. The number of rotatable bonds is 4. The summed E-state index contributed by atoms with van der Waals surface area (Å²) in [6, 6.07) is 9.55. The largest absolute Gasteiger partial charge is 0.352 e. The molecule has 0 aliphatic carbocycles. The molecule has 0 aliphatic heterocycles. The zero-order chi connectivity index (χ0) is 15.4. The number of carbonyl (C=O) groups excluding carboxylic acids is 1. The van der Waals surface area contributed by atoms with Gasteiger partial charge in [-0.1, -0.05) is 29.3 Å². The van der Waals surface area contributed by atoms with E-state index in [0.717, 1.165) is 5.56 Å². The van der Waals surface area contributed by atoms with E-state index in [1.807, 2.05) is 6.07 Å². The predicted octanol–water partition coefficient (Wildman–Crippen LogP) is 4.41. The molecule has 0 bridgehead atoms. The molecule has 0 radical (unpaired) electrons. The van der Waals surface area contributed by atoms with E-state index in [1.54, 1.807) is 19.1 Å². The Kier molecular flexibility index (Phi) is 5.21. The molecule has 21 heavy (non-hydrogen) atoms. The van der Waals surface area contributed by atoms with E-state index in [4.69, 9.17) is 23.2 Å². The molecule has 2 rings (SSSR count). The monoisotopic (exact) mass is 325 g/mol. The number of amides is 1. The number of halogens is 3. The average molecular weight is 326 g/mol. The molecular formula is C16H14Cl2FNO. The van der Waals surface area contributed by atoms with Gasteiger partial charge in [-0.15, -0.1) is 0 Å². The third-order valence-corrected chi connectivity index (χ3v) is 3.70. The van der Waals surface area contributed by atoms with E-state index in [1.165, 1.54) is 18.2 Å². The first-order valence-electron chi connectivity index (χ1n) is 6.45. The van der Waals surface area contributed by atoms with Crippen LogP contribution in [0.4, 0.5) is 4.39 Å². The van der Waals surface area contributed by atoms with Gasteiger partial charge in [-0.2, -0.15) is 0 Å². The van der Waals surface area contributed by atoms with E-state index in [0.29, 0.717) is 34.1 Å². The van der Waals surface area contributed by atoms with Gasteiger partial charge in [0.1, 0.15) is 5.82 Å². The van der Waals surface area contributed by atoms with Crippen molar-refractivity contribution in [1.82, 2.24) is 5.32 Å². The van der Waals surface area contributed by atoms with Crippen molar-refractivity contribution in [3.05, 3.63) is 69.0 Å². The van der Waals surface area contributed by atoms with Crippen molar-refractivity contribution in [1.29, 1.82) is 0 Å². The van der Waals surface area contributed by atoms with Crippen LogP contribution in [-0.4, -0.2) is 12.5 Å². The lowest BCUT2D eigenvalue weighted by atomic mass is 10.1. The molecule has 110 valence electrons. The van der Waals surface area contributed by atoms with Crippen LogP contribution in [0.2, 0.25) is 10.0 Å². The molecule has 2 nitrogen and oxygen atoms in total. The summed E-state index contributed by atoms with van der Waals surface area (Å²) < 4.78 is 13.2. The predicted molar refractivity (Wildman–Crippen MR) is 83.6 cm³/mol. The van der Waals surface area contributed by atoms with Gasteiger partial charge in [-0.05, 0) is 54.8 Å². The second-order valence-electron chi connectivity index (χ2n) is 4.71. The summed E-state index contributed by atoms with van der Waals surface area (Å²) in [4.78, 5) is 11.9. The lowest BCUT2D eigenvalue weighted by molar-refractivity contribution is 0.0954. The van der Waals surface area contributed by atoms with Crippen molar-refractivity contribution in [3.8, 4) is 0 Å². The first kappa shape index (κ1) is 15.8. The Hall–Kier alpha value is -1.58. The molecule has 0 fully saturated rings. The van der Waals surface area contributed by atoms with Crippen LogP contribution in [0.3, 0.4) is 0 Å². The van der Waals surface area contributed by atoms with Crippen LogP contribution in [-0.2, 0) is 6.42 Å². The molecule has 0 heterocycles. The SMILES string of the molecule is Cc1cc(C(=O)NCCc2ccc(Cl)cc2Cl)ccc1F. The van der Waals surface area contributed by atoms with Gasteiger partial charge in [-0.25, -0.2) is 4.39 Å². The first-order valence-corrected chi connectivity index (χ1v) is 7.21. The van der Waals surface area contributed by atoms with E-state index in [-0.39, 0.29) is 11.7 Å². The van der Waals surface area contributed by atoms with E-state index < -0.39 is 0 Å². The second-order valence-corrected chi connectivity index (χ2v) is 5.55. The fraction of sp³-hybridized carbons (Fsp3) is 0.188. The highest BCUT2D eigenvalue weighted by Gasteiger charge is 2.08. The highest BCUT2D eigenvalue weighted by atomic mass is 35.5. The minimum Gasteiger partial charge on any atom is -0.352 e. The van der Waals surface area contributed by atoms with Gasteiger partial charge in [0.2, 0.25) is 0 Å².